The van der Waals surface area contributed by atoms with Crippen molar-refractivity contribution >= 4 is 14.1 Å². The van der Waals surface area contributed by atoms with E-state index < -0.39 is 14.1 Å². The van der Waals surface area contributed by atoms with Gasteiger partial charge in [0.25, 0.3) is 0 Å². The first-order valence-electron chi connectivity index (χ1n) is 3.60. The topological polar surface area (TPSA) is 9.23 Å². The molecule has 1 nitrogen and oxygen atoms in total. The summed E-state index contributed by atoms with van der Waals surface area (Å²) in [6.45, 7) is 6.01. The second kappa shape index (κ2) is 3.92. The van der Waals surface area contributed by atoms with Crippen LogP contribution in [0.25, 0.3) is 0 Å². The summed E-state index contributed by atoms with van der Waals surface area (Å²) in [6.07, 6.45) is 2.74. The van der Waals surface area contributed by atoms with Gasteiger partial charge in [0.05, 0.1) is 6.11 Å². The van der Waals surface area contributed by atoms with E-state index in [2.05, 4.69) is 22.5 Å². The monoisotopic (exact) mass is 154 g/mol. The molecular formula is C8H15AlO. The quantitative estimate of drug-likeness (QED) is 0.383. The van der Waals surface area contributed by atoms with Gasteiger partial charge in [-0.1, -0.05) is 11.6 Å². The van der Waals surface area contributed by atoms with Gasteiger partial charge in [0, 0.05) is 0 Å². The van der Waals surface area contributed by atoms with Crippen LogP contribution in [0.4, 0.5) is 0 Å². The Morgan fingerprint density at radius 2 is 1.70 bits per heavy atom. The van der Waals surface area contributed by atoms with Gasteiger partial charge in [0.2, 0.25) is 0 Å². The Morgan fingerprint density at radius 1 is 1.20 bits per heavy atom. The summed E-state index contributed by atoms with van der Waals surface area (Å²) >= 11 is -0.746. The van der Waals surface area contributed by atoms with Crippen LogP contribution in [0.5, 0.6) is 0 Å². The summed E-state index contributed by atoms with van der Waals surface area (Å²) < 4.78 is 5.21. The Bertz CT molecular complexity index is 145. The summed E-state index contributed by atoms with van der Waals surface area (Å²) in [5.74, 6) is 4.36. The fourth-order valence-corrected chi connectivity index (χ4v) is 0.595. The molecular weight excluding hydrogens is 139 g/mol. The molecule has 10 heavy (non-hydrogen) atoms. The van der Waals surface area contributed by atoms with Gasteiger partial charge in [-0.2, -0.15) is 4.78 Å². The second-order valence-corrected chi connectivity index (χ2v) is 6.21. The van der Waals surface area contributed by atoms with Gasteiger partial charge in [-0.25, -0.2) is 0 Å². The summed E-state index contributed by atoms with van der Waals surface area (Å²) in [5, 5.41) is 0. The van der Waals surface area contributed by atoms with Crippen LogP contribution < -0.4 is 0 Å². The number of hydrogen-bond acceptors (Lipinski definition) is 1. The minimum absolute atomic E-state index is 0.115. The maximum Gasteiger partial charge on any atom is 0.375 e. The molecule has 0 aromatic rings. The second-order valence-electron chi connectivity index (χ2n) is 3.62. The van der Waals surface area contributed by atoms with Crippen LogP contribution in [0.3, 0.4) is 0 Å². The van der Waals surface area contributed by atoms with Crippen LogP contribution >= 0.6 is 0 Å². The van der Waals surface area contributed by atoms with Crippen LogP contribution in [0.1, 0.15) is 20.8 Å². The van der Waals surface area contributed by atoms with Gasteiger partial charge >= 0.3 is 14.1 Å². The zero-order valence-electron chi connectivity index (χ0n) is 7.49. The molecule has 2 heteroatoms. The van der Waals surface area contributed by atoms with Crippen molar-refractivity contribution in [1.82, 2.24) is 0 Å². The lowest BCUT2D eigenvalue weighted by Gasteiger charge is -2.14. The predicted octanol–water partition coefficient (Wildman–Crippen LogP) is 2.06. The molecule has 0 rings (SSSR count). The Kier molecular flexibility index (Phi) is 3.87. The lowest BCUT2D eigenvalue weighted by Crippen LogP contribution is -2.15. The maximum absolute atomic E-state index is 5.21. The third kappa shape index (κ3) is 7.89. The summed E-state index contributed by atoms with van der Waals surface area (Å²) in [7, 11) is 0. The molecule has 0 amide bonds. The van der Waals surface area contributed by atoms with Crippen molar-refractivity contribution < 1.29 is 4.74 Å². The Hall–Kier alpha value is -0.108. The maximum atomic E-state index is 5.21. The molecule has 0 aliphatic carbocycles. The van der Waals surface area contributed by atoms with Crippen molar-refractivity contribution in [3.05, 3.63) is 0 Å². The third-order valence-electron chi connectivity index (χ3n) is 0.705. The van der Waals surface area contributed by atoms with Crippen molar-refractivity contribution in [1.29, 1.82) is 0 Å². The SMILES string of the molecule is [CH3][Al]([CH3])[C]#COC(C)(C)C. The molecule has 0 unspecified atom stereocenters. The molecule has 0 saturated heterocycles. The smallest absolute Gasteiger partial charge is 0.375 e. The highest BCUT2D eigenvalue weighted by molar-refractivity contribution is 6.64. The first kappa shape index (κ1) is 9.89. The van der Waals surface area contributed by atoms with Crippen molar-refractivity contribution in [2.45, 2.75) is 37.9 Å². The van der Waals surface area contributed by atoms with E-state index in [4.69, 9.17) is 4.74 Å². The van der Waals surface area contributed by atoms with Gasteiger partial charge < -0.3 is 4.74 Å². The van der Waals surface area contributed by atoms with Crippen LogP contribution in [0.2, 0.25) is 11.6 Å². The lowest BCUT2D eigenvalue weighted by molar-refractivity contribution is 0.0965. The molecule has 0 fully saturated rings. The minimum Gasteiger partial charge on any atom is -0.442 e. The van der Waals surface area contributed by atoms with Gasteiger partial charge in [-0.15, -0.1) is 0 Å². The molecule has 0 atom stereocenters. The van der Waals surface area contributed by atoms with Crippen molar-refractivity contribution in [2.24, 2.45) is 0 Å². The molecule has 0 bridgehead atoms. The molecule has 0 heterocycles. The molecule has 56 valence electrons. The molecule has 0 spiro atoms. The van der Waals surface area contributed by atoms with Crippen molar-refractivity contribution in [2.75, 3.05) is 0 Å². The van der Waals surface area contributed by atoms with Gasteiger partial charge in [-0.05, 0) is 20.8 Å². The molecule has 0 radical (unpaired) electrons. The molecule has 0 N–H and O–H groups in total. The number of hydrogen-bond donors (Lipinski definition) is 0. The molecule has 0 aromatic carbocycles. The first-order valence-corrected chi connectivity index (χ1v) is 6.49. The normalized spacial score (nSPS) is 9.70. The van der Waals surface area contributed by atoms with E-state index in [0.29, 0.717) is 0 Å². The summed E-state index contributed by atoms with van der Waals surface area (Å²) in [6, 6.07) is 0. The minimum atomic E-state index is -0.746. The van der Waals surface area contributed by atoms with Crippen LogP contribution in [-0.2, 0) is 4.74 Å². The Labute approximate surface area is 68.2 Å². The van der Waals surface area contributed by atoms with E-state index >= 15 is 0 Å². The van der Waals surface area contributed by atoms with Crippen molar-refractivity contribution in [3.63, 3.8) is 0 Å². The van der Waals surface area contributed by atoms with E-state index in [1.54, 1.807) is 0 Å². The lowest BCUT2D eigenvalue weighted by atomic mass is 10.2. The highest BCUT2D eigenvalue weighted by Crippen LogP contribution is 2.04. The standard InChI is InChI=1S/C6H9O.2CH3.Al/c1-5-7-6(2,3)4;;;/h2-4H3;2*1H3;. The fraction of sp³-hybridized carbons (Fsp3) is 0.750. The summed E-state index contributed by atoms with van der Waals surface area (Å²) in [4.78, 5) is 3.07. The average Bonchev–Trinajstić information content (AvgIpc) is 1.59. The largest absolute Gasteiger partial charge is 0.442 e. The Balaban J connectivity index is 3.67. The average molecular weight is 154 g/mol. The molecule has 0 saturated carbocycles. The molecule has 0 aliphatic rings. The fourth-order valence-electron chi connectivity index (χ4n) is 0.300. The van der Waals surface area contributed by atoms with Crippen LogP contribution in [-0.4, -0.2) is 19.7 Å². The van der Waals surface area contributed by atoms with Crippen LogP contribution in [0, 0.1) is 10.9 Å². The highest BCUT2D eigenvalue weighted by atomic mass is 27.2. The van der Waals surface area contributed by atoms with Crippen LogP contribution in [0.15, 0.2) is 0 Å². The van der Waals surface area contributed by atoms with Crippen molar-refractivity contribution in [3.8, 4) is 10.9 Å². The van der Waals surface area contributed by atoms with Gasteiger partial charge in [0.15, 0.2) is 0 Å². The molecule has 0 aliphatic heterocycles. The van der Waals surface area contributed by atoms with E-state index in [9.17, 15) is 0 Å². The number of ether oxygens (including phenoxy) is 1. The summed E-state index contributed by atoms with van der Waals surface area (Å²) in [5.41, 5.74) is -0.115. The van der Waals surface area contributed by atoms with E-state index in [1.165, 1.54) is 0 Å². The predicted molar refractivity (Wildman–Crippen MR) is 46.1 cm³/mol. The van der Waals surface area contributed by atoms with E-state index in [0.717, 1.165) is 0 Å². The zero-order valence-corrected chi connectivity index (χ0v) is 8.64. The van der Waals surface area contributed by atoms with E-state index in [-0.39, 0.29) is 5.60 Å². The van der Waals surface area contributed by atoms with Gasteiger partial charge in [0.1, 0.15) is 5.60 Å². The third-order valence-corrected chi connectivity index (χ3v) is 1.40. The highest BCUT2D eigenvalue weighted by Gasteiger charge is 2.07. The molecule has 0 aromatic heterocycles. The Morgan fingerprint density at radius 3 is 2.00 bits per heavy atom. The number of rotatable bonds is 0. The van der Waals surface area contributed by atoms with Gasteiger partial charge in [-0.3, -0.25) is 0 Å². The first-order chi connectivity index (χ1) is 4.42. The zero-order chi connectivity index (χ0) is 8.20. The van der Waals surface area contributed by atoms with E-state index in [1.807, 2.05) is 20.8 Å².